The number of hydrogen-bond donors (Lipinski definition) is 1. The number of nitrogens with two attached hydrogens (primary N) is 1. The first kappa shape index (κ1) is 14.6. The van der Waals surface area contributed by atoms with Crippen LogP contribution in [0.3, 0.4) is 0 Å². The van der Waals surface area contributed by atoms with Crippen LogP contribution in [0.2, 0.25) is 5.02 Å². The summed E-state index contributed by atoms with van der Waals surface area (Å²) >= 11 is 11.1. The number of benzene rings is 1. The standard InChI is InChI=1S/C14H19ClN2OS/c15-11-5-4-6-12(13(11)14(16)19)18-10-9-17-7-2-1-3-8-17/h4-6H,1-3,7-10H2,(H2,16,19). The topological polar surface area (TPSA) is 38.5 Å². The Labute approximate surface area is 124 Å². The summed E-state index contributed by atoms with van der Waals surface area (Å²) in [6, 6.07) is 5.48. The molecule has 2 rings (SSSR count). The quantitative estimate of drug-likeness (QED) is 0.849. The molecule has 5 heteroatoms. The van der Waals surface area contributed by atoms with Crippen molar-refractivity contribution in [2.45, 2.75) is 19.3 Å². The van der Waals surface area contributed by atoms with Crippen LogP contribution in [0.15, 0.2) is 18.2 Å². The predicted molar refractivity (Wildman–Crippen MR) is 83.1 cm³/mol. The third-order valence-electron chi connectivity index (χ3n) is 3.34. The molecule has 0 unspecified atom stereocenters. The predicted octanol–water partition coefficient (Wildman–Crippen LogP) is 2.84. The number of likely N-dealkylation sites (tertiary alicyclic amines) is 1. The summed E-state index contributed by atoms with van der Waals surface area (Å²) in [6.45, 7) is 3.90. The molecule has 19 heavy (non-hydrogen) atoms. The van der Waals surface area contributed by atoms with Crippen molar-refractivity contribution in [2.24, 2.45) is 5.73 Å². The van der Waals surface area contributed by atoms with E-state index < -0.39 is 0 Å². The number of rotatable bonds is 5. The zero-order valence-corrected chi connectivity index (χ0v) is 12.5. The fourth-order valence-corrected chi connectivity index (χ4v) is 2.87. The van der Waals surface area contributed by atoms with Gasteiger partial charge in [0, 0.05) is 6.54 Å². The van der Waals surface area contributed by atoms with Crippen LogP contribution in [0.1, 0.15) is 24.8 Å². The molecule has 1 aromatic rings. The molecular weight excluding hydrogens is 280 g/mol. The van der Waals surface area contributed by atoms with E-state index in [2.05, 4.69) is 4.90 Å². The van der Waals surface area contributed by atoms with Gasteiger partial charge in [0.25, 0.3) is 0 Å². The van der Waals surface area contributed by atoms with Crippen LogP contribution >= 0.6 is 23.8 Å². The van der Waals surface area contributed by atoms with Gasteiger partial charge in [0.1, 0.15) is 17.3 Å². The molecule has 0 atom stereocenters. The Kier molecular flexibility index (Phi) is 5.43. The molecule has 1 fully saturated rings. The van der Waals surface area contributed by atoms with Crippen LogP contribution < -0.4 is 10.5 Å². The van der Waals surface area contributed by atoms with Crippen molar-refractivity contribution >= 4 is 28.8 Å². The minimum atomic E-state index is 0.276. The second-order valence-electron chi connectivity index (χ2n) is 4.73. The summed E-state index contributed by atoms with van der Waals surface area (Å²) in [5.74, 6) is 0.678. The summed E-state index contributed by atoms with van der Waals surface area (Å²) in [5, 5.41) is 0.544. The second-order valence-corrected chi connectivity index (χ2v) is 5.58. The molecule has 1 saturated heterocycles. The van der Waals surface area contributed by atoms with Crippen LogP contribution in [0.25, 0.3) is 0 Å². The van der Waals surface area contributed by atoms with E-state index >= 15 is 0 Å². The second kappa shape index (κ2) is 7.08. The van der Waals surface area contributed by atoms with E-state index in [1.807, 2.05) is 12.1 Å². The van der Waals surface area contributed by atoms with Gasteiger partial charge in [-0.1, -0.05) is 36.3 Å². The summed E-state index contributed by atoms with van der Waals surface area (Å²) in [5.41, 5.74) is 6.32. The molecule has 0 amide bonds. The molecule has 0 radical (unpaired) electrons. The maximum atomic E-state index is 6.09. The zero-order chi connectivity index (χ0) is 13.7. The summed E-state index contributed by atoms with van der Waals surface area (Å²) < 4.78 is 5.79. The lowest BCUT2D eigenvalue weighted by atomic mass is 10.1. The Morgan fingerprint density at radius 2 is 2.05 bits per heavy atom. The first-order chi connectivity index (χ1) is 9.18. The number of ether oxygens (including phenoxy) is 1. The number of nitrogens with zero attached hydrogens (tertiary/aromatic N) is 1. The largest absolute Gasteiger partial charge is 0.491 e. The fourth-order valence-electron chi connectivity index (χ4n) is 2.33. The Morgan fingerprint density at radius 3 is 2.74 bits per heavy atom. The molecule has 1 aliphatic heterocycles. The van der Waals surface area contributed by atoms with Gasteiger partial charge in [-0.25, -0.2) is 0 Å². The molecule has 3 nitrogen and oxygen atoms in total. The van der Waals surface area contributed by atoms with Gasteiger partial charge in [-0.05, 0) is 38.1 Å². The maximum absolute atomic E-state index is 6.09. The van der Waals surface area contributed by atoms with Crippen LogP contribution in [-0.4, -0.2) is 36.1 Å². The molecule has 2 N–H and O–H groups in total. The van der Waals surface area contributed by atoms with Crippen molar-refractivity contribution in [2.75, 3.05) is 26.2 Å². The minimum absolute atomic E-state index is 0.276. The van der Waals surface area contributed by atoms with Crippen molar-refractivity contribution in [3.63, 3.8) is 0 Å². The zero-order valence-electron chi connectivity index (χ0n) is 10.9. The average Bonchev–Trinajstić information content (AvgIpc) is 2.39. The van der Waals surface area contributed by atoms with Crippen LogP contribution in [-0.2, 0) is 0 Å². The van der Waals surface area contributed by atoms with Crippen molar-refractivity contribution in [3.8, 4) is 5.75 Å². The van der Waals surface area contributed by atoms with E-state index in [0.29, 0.717) is 22.9 Å². The van der Waals surface area contributed by atoms with Gasteiger partial charge in [-0.2, -0.15) is 0 Å². The smallest absolute Gasteiger partial charge is 0.131 e. The number of halogens is 1. The van der Waals surface area contributed by atoms with Crippen molar-refractivity contribution in [3.05, 3.63) is 28.8 Å². The molecule has 1 aromatic carbocycles. The van der Waals surface area contributed by atoms with E-state index in [4.69, 9.17) is 34.3 Å². The van der Waals surface area contributed by atoms with E-state index in [1.165, 1.54) is 32.4 Å². The van der Waals surface area contributed by atoms with Crippen molar-refractivity contribution in [1.29, 1.82) is 0 Å². The molecular formula is C14H19ClN2OS. The van der Waals surface area contributed by atoms with Gasteiger partial charge >= 0.3 is 0 Å². The highest BCUT2D eigenvalue weighted by molar-refractivity contribution is 7.80. The maximum Gasteiger partial charge on any atom is 0.131 e. The highest BCUT2D eigenvalue weighted by Crippen LogP contribution is 2.26. The molecule has 104 valence electrons. The molecule has 1 heterocycles. The first-order valence-corrected chi connectivity index (χ1v) is 7.40. The lowest BCUT2D eigenvalue weighted by Gasteiger charge is -2.26. The SMILES string of the molecule is NC(=S)c1c(Cl)cccc1OCCN1CCCCC1. The Balaban J connectivity index is 1.92. The lowest BCUT2D eigenvalue weighted by molar-refractivity contribution is 0.183. The number of thiocarbonyl (C=S) groups is 1. The molecule has 1 aliphatic rings. The molecule has 0 spiro atoms. The summed E-state index contributed by atoms with van der Waals surface area (Å²) in [4.78, 5) is 2.70. The molecule has 0 aliphatic carbocycles. The highest BCUT2D eigenvalue weighted by Gasteiger charge is 2.13. The highest BCUT2D eigenvalue weighted by atomic mass is 35.5. The van der Waals surface area contributed by atoms with E-state index in [9.17, 15) is 0 Å². The van der Waals surface area contributed by atoms with Crippen molar-refractivity contribution in [1.82, 2.24) is 4.90 Å². The summed E-state index contributed by atoms with van der Waals surface area (Å²) in [6.07, 6.45) is 3.92. The first-order valence-electron chi connectivity index (χ1n) is 6.62. The third kappa shape index (κ3) is 4.06. The molecule has 0 bridgehead atoms. The number of hydrogen-bond acceptors (Lipinski definition) is 3. The van der Waals surface area contributed by atoms with Gasteiger partial charge < -0.3 is 10.5 Å². The summed E-state index contributed by atoms with van der Waals surface area (Å²) in [7, 11) is 0. The van der Waals surface area contributed by atoms with Gasteiger partial charge in [0.05, 0.1) is 10.6 Å². The van der Waals surface area contributed by atoms with Crippen LogP contribution in [0.5, 0.6) is 5.75 Å². The Morgan fingerprint density at radius 1 is 1.32 bits per heavy atom. The number of piperidine rings is 1. The molecule has 0 aromatic heterocycles. The van der Waals surface area contributed by atoms with Gasteiger partial charge in [-0.15, -0.1) is 0 Å². The van der Waals surface area contributed by atoms with Gasteiger partial charge in [0.2, 0.25) is 0 Å². The third-order valence-corrected chi connectivity index (χ3v) is 3.85. The van der Waals surface area contributed by atoms with Crippen molar-refractivity contribution < 1.29 is 4.74 Å². The monoisotopic (exact) mass is 298 g/mol. The van der Waals surface area contributed by atoms with E-state index in [0.717, 1.165) is 6.54 Å². The average molecular weight is 299 g/mol. The Bertz CT molecular complexity index is 447. The van der Waals surface area contributed by atoms with Crippen LogP contribution in [0, 0.1) is 0 Å². The van der Waals surface area contributed by atoms with E-state index in [1.54, 1.807) is 6.07 Å². The minimum Gasteiger partial charge on any atom is -0.491 e. The normalized spacial score (nSPS) is 16.3. The molecule has 0 saturated carbocycles. The van der Waals surface area contributed by atoms with Gasteiger partial charge in [-0.3, -0.25) is 4.90 Å². The lowest BCUT2D eigenvalue weighted by Crippen LogP contribution is -2.33. The fraction of sp³-hybridized carbons (Fsp3) is 0.500. The van der Waals surface area contributed by atoms with Gasteiger partial charge in [0.15, 0.2) is 0 Å². The van der Waals surface area contributed by atoms with Crippen LogP contribution in [0.4, 0.5) is 0 Å². The van der Waals surface area contributed by atoms with E-state index in [-0.39, 0.29) is 4.99 Å². The Hall–Kier alpha value is -0.840.